The molecule has 0 radical (unpaired) electrons. The summed E-state index contributed by atoms with van der Waals surface area (Å²) in [6.07, 6.45) is 2.81. The van der Waals surface area contributed by atoms with Gasteiger partial charge in [-0.15, -0.1) is 0 Å². The first-order valence-electron chi connectivity index (χ1n) is 9.59. The summed E-state index contributed by atoms with van der Waals surface area (Å²) in [5, 5.41) is 17.1. The maximum atomic E-state index is 10.8. The molecule has 0 aliphatic heterocycles. The zero-order valence-corrected chi connectivity index (χ0v) is 18.0. The minimum Gasteiger partial charge on any atom is -0.464 e. The predicted molar refractivity (Wildman–Crippen MR) is 130 cm³/mol. The number of rotatable bonds is 7. The normalized spacial score (nSPS) is 10.4. The van der Waals surface area contributed by atoms with E-state index in [-0.39, 0.29) is 11.4 Å². The highest BCUT2D eigenvalue weighted by Gasteiger charge is 2.17. The maximum Gasteiger partial charge on any atom is 0.269 e. The Bertz CT molecular complexity index is 1370. The summed E-state index contributed by atoms with van der Waals surface area (Å²) < 4.78 is 10.8. The molecule has 164 valence electrons. The van der Waals surface area contributed by atoms with E-state index >= 15 is 0 Å². The molecular formula is C23H17N5O4S. The van der Waals surface area contributed by atoms with Crippen molar-refractivity contribution in [1.29, 1.82) is 0 Å². The van der Waals surface area contributed by atoms with Gasteiger partial charge in [0.25, 0.3) is 5.69 Å². The molecule has 0 atom stereocenters. The fraction of sp³-hybridized carbons (Fsp3) is 0. The SMILES string of the molecule is C=COC(=C)c1nc2cc(NC(=S)Nc3ccc([N+](=O)[O-])cc3)ccc2nc1-c1ccco1. The van der Waals surface area contributed by atoms with E-state index < -0.39 is 4.92 Å². The van der Waals surface area contributed by atoms with Crippen LogP contribution in [-0.4, -0.2) is 20.0 Å². The van der Waals surface area contributed by atoms with Crippen molar-refractivity contribution in [3.8, 4) is 11.5 Å². The summed E-state index contributed by atoms with van der Waals surface area (Å²) in [7, 11) is 0. The van der Waals surface area contributed by atoms with Gasteiger partial charge in [-0.1, -0.05) is 13.2 Å². The molecule has 10 heteroatoms. The van der Waals surface area contributed by atoms with Gasteiger partial charge in [-0.05, 0) is 54.7 Å². The molecule has 9 nitrogen and oxygen atoms in total. The van der Waals surface area contributed by atoms with Crippen LogP contribution in [0.1, 0.15) is 5.69 Å². The fourth-order valence-electron chi connectivity index (χ4n) is 3.03. The molecule has 2 aromatic heterocycles. The number of fused-ring (bicyclic) bond motifs is 1. The summed E-state index contributed by atoms with van der Waals surface area (Å²) in [6.45, 7) is 7.46. The van der Waals surface area contributed by atoms with Crippen LogP contribution < -0.4 is 10.6 Å². The van der Waals surface area contributed by atoms with Gasteiger partial charge in [0, 0.05) is 23.5 Å². The van der Waals surface area contributed by atoms with Crippen molar-refractivity contribution in [2.24, 2.45) is 0 Å². The molecule has 0 aliphatic carbocycles. The van der Waals surface area contributed by atoms with Crippen LogP contribution in [0.2, 0.25) is 0 Å². The number of hydrogen-bond donors (Lipinski definition) is 2. The number of anilines is 2. The molecular weight excluding hydrogens is 442 g/mol. The largest absolute Gasteiger partial charge is 0.464 e. The third-order valence-corrected chi connectivity index (χ3v) is 4.71. The van der Waals surface area contributed by atoms with E-state index in [0.717, 1.165) is 0 Å². The summed E-state index contributed by atoms with van der Waals surface area (Å²) in [5.74, 6) is 0.809. The highest BCUT2D eigenvalue weighted by atomic mass is 32.1. The monoisotopic (exact) mass is 459 g/mol. The number of nitro benzene ring substituents is 1. The maximum absolute atomic E-state index is 10.8. The Kier molecular flexibility index (Phi) is 6.09. The molecule has 2 aromatic carbocycles. The molecule has 0 amide bonds. The van der Waals surface area contributed by atoms with Crippen LogP contribution >= 0.6 is 12.2 Å². The van der Waals surface area contributed by atoms with Gasteiger partial charge in [-0.2, -0.15) is 0 Å². The van der Waals surface area contributed by atoms with E-state index in [1.165, 1.54) is 18.4 Å². The van der Waals surface area contributed by atoms with E-state index in [2.05, 4.69) is 33.8 Å². The highest BCUT2D eigenvalue weighted by molar-refractivity contribution is 7.80. The van der Waals surface area contributed by atoms with Gasteiger partial charge >= 0.3 is 0 Å². The first-order chi connectivity index (χ1) is 15.9. The van der Waals surface area contributed by atoms with E-state index in [9.17, 15) is 10.1 Å². The van der Waals surface area contributed by atoms with Crippen molar-refractivity contribution in [2.45, 2.75) is 0 Å². The minimum absolute atomic E-state index is 0.000671. The van der Waals surface area contributed by atoms with Crippen molar-refractivity contribution in [3.05, 3.63) is 96.1 Å². The van der Waals surface area contributed by atoms with Crippen LogP contribution in [0, 0.1) is 10.1 Å². The van der Waals surface area contributed by atoms with E-state index in [4.69, 9.17) is 21.4 Å². The lowest BCUT2D eigenvalue weighted by Gasteiger charge is -2.12. The lowest BCUT2D eigenvalue weighted by Crippen LogP contribution is -2.19. The second kappa shape index (κ2) is 9.28. The standard InChI is InChI=1S/C23H17N5O4S/c1-3-31-14(2)21-22(20-5-4-12-32-20)26-18-11-8-16(13-19(18)27-21)25-23(33)24-15-6-9-17(10-7-15)28(29)30/h3-13H,1-2H2,(H2,24,25,33). The van der Waals surface area contributed by atoms with Gasteiger partial charge in [0.1, 0.15) is 17.1 Å². The Hall–Kier alpha value is -4.57. The lowest BCUT2D eigenvalue weighted by atomic mass is 10.2. The number of aromatic nitrogens is 2. The number of non-ortho nitro benzene ring substituents is 1. The third kappa shape index (κ3) is 4.86. The molecule has 2 heterocycles. The minimum atomic E-state index is -0.462. The number of ether oxygens (including phenoxy) is 1. The van der Waals surface area contributed by atoms with Crippen LogP contribution in [0.25, 0.3) is 28.2 Å². The van der Waals surface area contributed by atoms with E-state index in [1.54, 1.807) is 42.7 Å². The van der Waals surface area contributed by atoms with Crippen molar-refractivity contribution in [3.63, 3.8) is 0 Å². The first kappa shape index (κ1) is 21.7. The number of nitro groups is 1. The van der Waals surface area contributed by atoms with Gasteiger partial charge in [0.2, 0.25) is 0 Å². The molecule has 0 unspecified atom stereocenters. The zero-order chi connectivity index (χ0) is 23.4. The molecule has 0 spiro atoms. The third-order valence-electron chi connectivity index (χ3n) is 4.50. The Balaban J connectivity index is 1.59. The average molecular weight is 459 g/mol. The molecule has 0 saturated carbocycles. The van der Waals surface area contributed by atoms with Gasteiger partial charge in [-0.3, -0.25) is 10.1 Å². The number of nitrogens with zero attached hydrogens (tertiary/aromatic N) is 3. The van der Waals surface area contributed by atoms with Crippen LogP contribution in [0.5, 0.6) is 0 Å². The molecule has 0 saturated heterocycles. The molecule has 4 rings (SSSR count). The zero-order valence-electron chi connectivity index (χ0n) is 17.1. The van der Waals surface area contributed by atoms with Crippen LogP contribution in [0.4, 0.5) is 17.1 Å². The molecule has 4 aromatic rings. The van der Waals surface area contributed by atoms with Gasteiger partial charge in [-0.25, -0.2) is 9.97 Å². The first-order valence-corrected chi connectivity index (χ1v) is 10.0. The molecule has 0 aliphatic rings. The molecule has 0 fully saturated rings. The Labute approximate surface area is 193 Å². The second-order valence-corrected chi connectivity index (χ2v) is 7.10. The average Bonchev–Trinajstić information content (AvgIpc) is 3.33. The summed E-state index contributed by atoms with van der Waals surface area (Å²) in [5.41, 5.74) is 3.41. The van der Waals surface area contributed by atoms with E-state index in [1.807, 2.05) is 6.07 Å². The number of hydrogen-bond acceptors (Lipinski definition) is 7. The smallest absolute Gasteiger partial charge is 0.269 e. The number of benzene rings is 2. The topological polar surface area (TPSA) is 115 Å². The predicted octanol–water partition coefficient (Wildman–Crippen LogP) is 5.74. The van der Waals surface area contributed by atoms with Gasteiger partial charge in [0.05, 0.1) is 28.5 Å². The van der Waals surface area contributed by atoms with Crippen molar-refractivity contribution < 1.29 is 14.1 Å². The summed E-state index contributed by atoms with van der Waals surface area (Å²) >= 11 is 5.35. The number of furan rings is 1. The van der Waals surface area contributed by atoms with Gasteiger partial charge in [0.15, 0.2) is 10.9 Å². The lowest BCUT2D eigenvalue weighted by molar-refractivity contribution is -0.384. The Morgan fingerprint density at radius 3 is 2.48 bits per heavy atom. The fourth-order valence-corrected chi connectivity index (χ4v) is 3.26. The molecule has 0 bridgehead atoms. The quantitative estimate of drug-likeness (QED) is 0.154. The van der Waals surface area contributed by atoms with Crippen molar-refractivity contribution in [1.82, 2.24) is 9.97 Å². The van der Waals surface area contributed by atoms with Crippen LogP contribution in [0.15, 0.2) is 84.7 Å². The van der Waals surface area contributed by atoms with Crippen LogP contribution in [-0.2, 0) is 4.74 Å². The van der Waals surface area contributed by atoms with Crippen molar-refractivity contribution >= 4 is 51.2 Å². The highest BCUT2D eigenvalue weighted by Crippen LogP contribution is 2.29. The summed E-state index contributed by atoms with van der Waals surface area (Å²) in [4.78, 5) is 19.7. The number of nitrogens with one attached hydrogen (secondary N) is 2. The second-order valence-electron chi connectivity index (χ2n) is 6.69. The Morgan fingerprint density at radius 1 is 1.09 bits per heavy atom. The van der Waals surface area contributed by atoms with Gasteiger partial charge < -0.3 is 19.8 Å². The molecule has 33 heavy (non-hydrogen) atoms. The van der Waals surface area contributed by atoms with Crippen molar-refractivity contribution in [2.75, 3.05) is 10.6 Å². The van der Waals surface area contributed by atoms with Crippen LogP contribution in [0.3, 0.4) is 0 Å². The Morgan fingerprint density at radius 2 is 1.82 bits per heavy atom. The molecule has 2 N–H and O–H groups in total. The van der Waals surface area contributed by atoms with E-state index in [0.29, 0.717) is 44.7 Å². The number of thiocarbonyl (C=S) groups is 1. The summed E-state index contributed by atoms with van der Waals surface area (Å²) in [6, 6.07) is 14.9.